The topological polar surface area (TPSA) is 44.5 Å². The largest absolute Gasteiger partial charge is 0.497 e. The smallest absolute Gasteiger partial charge is 0.123 e. The molecule has 1 heterocycles. The number of methoxy groups -OCH3 is 1. The predicted molar refractivity (Wildman–Crippen MR) is 84.0 cm³/mol. The lowest BCUT2D eigenvalue weighted by atomic mass is 9.85. The summed E-state index contributed by atoms with van der Waals surface area (Å²) in [6.07, 6.45) is 0. The van der Waals surface area contributed by atoms with Crippen molar-refractivity contribution in [1.82, 2.24) is 0 Å². The van der Waals surface area contributed by atoms with Crippen molar-refractivity contribution < 1.29 is 9.47 Å². The number of benzene rings is 2. The van der Waals surface area contributed by atoms with Crippen LogP contribution >= 0.6 is 0 Å². The molecular formula is C18H21NO2. The van der Waals surface area contributed by atoms with Crippen molar-refractivity contribution in [2.24, 2.45) is 5.73 Å². The van der Waals surface area contributed by atoms with Gasteiger partial charge in [-0.2, -0.15) is 0 Å². The van der Waals surface area contributed by atoms with Crippen LogP contribution in [-0.4, -0.2) is 13.7 Å². The highest BCUT2D eigenvalue weighted by atomic mass is 16.5. The van der Waals surface area contributed by atoms with Crippen molar-refractivity contribution in [1.29, 1.82) is 0 Å². The minimum absolute atomic E-state index is 0.0466. The number of nitrogens with two attached hydrogens (primary N) is 1. The van der Waals surface area contributed by atoms with E-state index < -0.39 is 0 Å². The summed E-state index contributed by atoms with van der Waals surface area (Å²) >= 11 is 0. The monoisotopic (exact) mass is 283 g/mol. The average Bonchev–Trinajstić information content (AvgIpc) is 2.82. The van der Waals surface area contributed by atoms with Crippen molar-refractivity contribution in [2.45, 2.75) is 25.3 Å². The molecule has 110 valence electrons. The predicted octanol–water partition coefficient (Wildman–Crippen LogP) is 3.41. The first kappa shape index (κ1) is 14.0. The highest BCUT2D eigenvalue weighted by Gasteiger charge is 2.32. The zero-order valence-electron chi connectivity index (χ0n) is 12.7. The third-order valence-corrected chi connectivity index (χ3v) is 4.16. The molecule has 0 saturated heterocycles. The Morgan fingerprint density at radius 1 is 1.10 bits per heavy atom. The van der Waals surface area contributed by atoms with Crippen molar-refractivity contribution in [2.75, 3.05) is 13.7 Å². The molecule has 2 aromatic rings. The second-order valence-electron chi connectivity index (χ2n) is 6.18. The van der Waals surface area contributed by atoms with Crippen LogP contribution in [0.1, 0.15) is 36.6 Å². The maximum Gasteiger partial charge on any atom is 0.123 e. The van der Waals surface area contributed by atoms with E-state index in [1.54, 1.807) is 7.11 Å². The van der Waals surface area contributed by atoms with Crippen LogP contribution in [0, 0.1) is 0 Å². The lowest BCUT2D eigenvalue weighted by Gasteiger charge is -2.18. The van der Waals surface area contributed by atoms with Gasteiger partial charge in [-0.05, 0) is 35.4 Å². The highest BCUT2D eigenvalue weighted by molar-refractivity contribution is 5.47. The van der Waals surface area contributed by atoms with Gasteiger partial charge in [-0.15, -0.1) is 0 Å². The fraction of sp³-hybridized carbons (Fsp3) is 0.333. The summed E-state index contributed by atoms with van der Waals surface area (Å²) in [7, 11) is 1.66. The average molecular weight is 283 g/mol. The normalized spacial score (nSPS) is 17.0. The molecule has 0 bridgehead atoms. The number of fused-ring (bicyclic) bond motifs is 1. The third-order valence-electron chi connectivity index (χ3n) is 4.16. The van der Waals surface area contributed by atoms with E-state index in [1.165, 1.54) is 5.56 Å². The molecule has 1 atom stereocenters. The van der Waals surface area contributed by atoms with Crippen LogP contribution in [0.25, 0.3) is 0 Å². The van der Waals surface area contributed by atoms with Gasteiger partial charge in [0.2, 0.25) is 0 Å². The van der Waals surface area contributed by atoms with E-state index in [-0.39, 0.29) is 11.5 Å². The first-order chi connectivity index (χ1) is 10.0. The Balaban J connectivity index is 1.93. The van der Waals surface area contributed by atoms with Gasteiger partial charge in [-0.25, -0.2) is 0 Å². The number of hydrogen-bond acceptors (Lipinski definition) is 3. The number of rotatable bonds is 3. The quantitative estimate of drug-likeness (QED) is 0.938. The second-order valence-corrected chi connectivity index (χ2v) is 6.18. The SMILES string of the molecule is COc1ccc(C(N)c2ccc3c(c2)C(C)(C)CO3)cc1. The van der Waals surface area contributed by atoms with E-state index >= 15 is 0 Å². The second kappa shape index (κ2) is 5.08. The van der Waals surface area contributed by atoms with E-state index in [9.17, 15) is 0 Å². The first-order valence-electron chi connectivity index (χ1n) is 7.18. The van der Waals surface area contributed by atoms with Gasteiger partial charge in [0.15, 0.2) is 0 Å². The van der Waals surface area contributed by atoms with Crippen molar-refractivity contribution in [3.05, 3.63) is 59.2 Å². The Morgan fingerprint density at radius 3 is 2.43 bits per heavy atom. The van der Waals surface area contributed by atoms with Crippen LogP contribution < -0.4 is 15.2 Å². The molecule has 0 aliphatic carbocycles. The minimum atomic E-state index is -0.141. The maximum atomic E-state index is 6.41. The summed E-state index contributed by atoms with van der Waals surface area (Å²) in [6.45, 7) is 5.12. The van der Waals surface area contributed by atoms with Gasteiger partial charge in [0.25, 0.3) is 0 Å². The third kappa shape index (κ3) is 2.49. The summed E-state index contributed by atoms with van der Waals surface area (Å²) in [5.41, 5.74) is 9.88. The van der Waals surface area contributed by atoms with E-state index in [1.807, 2.05) is 30.3 Å². The summed E-state index contributed by atoms with van der Waals surface area (Å²) in [6, 6.07) is 14.0. The number of ether oxygens (including phenoxy) is 2. The van der Waals surface area contributed by atoms with E-state index in [0.29, 0.717) is 0 Å². The maximum absolute atomic E-state index is 6.41. The van der Waals surface area contributed by atoms with Gasteiger partial charge < -0.3 is 15.2 Å². The molecule has 0 aromatic heterocycles. The van der Waals surface area contributed by atoms with Crippen LogP contribution in [0.15, 0.2) is 42.5 Å². The molecule has 0 amide bonds. The lowest BCUT2D eigenvalue weighted by molar-refractivity contribution is 0.291. The molecule has 0 fully saturated rings. The summed E-state index contributed by atoms with van der Waals surface area (Å²) in [4.78, 5) is 0. The van der Waals surface area contributed by atoms with Crippen LogP contribution in [0.4, 0.5) is 0 Å². The lowest BCUT2D eigenvalue weighted by Crippen LogP contribution is -2.19. The molecule has 21 heavy (non-hydrogen) atoms. The molecule has 3 nitrogen and oxygen atoms in total. The van der Waals surface area contributed by atoms with E-state index in [2.05, 4.69) is 26.0 Å². The Labute approximate surface area is 125 Å². The zero-order valence-corrected chi connectivity index (χ0v) is 12.7. The summed E-state index contributed by atoms with van der Waals surface area (Å²) in [5, 5.41) is 0. The number of hydrogen-bond donors (Lipinski definition) is 1. The van der Waals surface area contributed by atoms with Crippen molar-refractivity contribution in [3.8, 4) is 11.5 Å². The fourth-order valence-corrected chi connectivity index (χ4v) is 2.74. The molecule has 2 N–H and O–H groups in total. The van der Waals surface area contributed by atoms with Gasteiger partial charge >= 0.3 is 0 Å². The Hall–Kier alpha value is -2.00. The zero-order chi connectivity index (χ0) is 15.0. The van der Waals surface area contributed by atoms with Crippen LogP contribution in [0.2, 0.25) is 0 Å². The molecule has 3 rings (SSSR count). The van der Waals surface area contributed by atoms with Crippen LogP contribution in [0.3, 0.4) is 0 Å². The molecule has 0 radical (unpaired) electrons. The van der Waals surface area contributed by atoms with E-state index in [0.717, 1.165) is 29.2 Å². The van der Waals surface area contributed by atoms with Gasteiger partial charge in [-0.1, -0.05) is 32.0 Å². The van der Waals surface area contributed by atoms with Gasteiger partial charge in [0.1, 0.15) is 11.5 Å². The molecule has 0 saturated carbocycles. The van der Waals surface area contributed by atoms with Crippen molar-refractivity contribution >= 4 is 0 Å². The molecular weight excluding hydrogens is 262 g/mol. The Kier molecular flexibility index (Phi) is 3.38. The molecule has 0 spiro atoms. The Morgan fingerprint density at radius 2 is 1.76 bits per heavy atom. The van der Waals surface area contributed by atoms with Gasteiger partial charge in [0.05, 0.1) is 19.8 Å². The molecule has 1 aliphatic heterocycles. The summed E-state index contributed by atoms with van der Waals surface area (Å²) in [5.74, 6) is 1.82. The van der Waals surface area contributed by atoms with Gasteiger partial charge in [-0.3, -0.25) is 0 Å². The fourth-order valence-electron chi connectivity index (χ4n) is 2.74. The molecule has 2 aromatic carbocycles. The standard InChI is InChI=1S/C18H21NO2/c1-18(2)11-21-16-9-6-13(10-15(16)18)17(19)12-4-7-14(20-3)8-5-12/h4-10,17H,11,19H2,1-3H3. The first-order valence-corrected chi connectivity index (χ1v) is 7.18. The highest BCUT2D eigenvalue weighted by Crippen LogP contribution is 2.39. The van der Waals surface area contributed by atoms with Gasteiger partial charge in [0, 0.05) is 11.0 Å². The summed E-state index contributed by atoms with van der Waals surface area (Å²) < 4.78 is 10.9. The van der Waals surface area contributed by atoms with E-state index in [4.69, 9.17) is 15.2 Å². The van der Waals surface area contributed by atoms with Crippen molar-refractivity contribution in [3.63, 3.8) is 0 Å². The van der Waals surface area contributed by atoms with Crippen LogP contribution in [-0.2, 0) is 5.41 Å². The Bertz CT molecular complexity index is 647. The molecule has 1 aliphatic rings. The van der Waals surface area contributed by atoms with Crippen LogP contribution in [0.5, 0.6) is 11.5 Å². The molecule has 1 unspecified atom stereocenters. The minimum Gasteiger partial charge on any atom is -0.497 e. The molecule has 3 heteroatoms.